The Kier molecular flexibility index (Phi) is 3.75. The van der Waals surface area contributed by atoms with Gasteiger partial charge in [-0.3, -0.25) is 9.52 Å². The highest BCUT2D eigenvalue weighted by Crippen LogP contribution is 2.13. The molecule has 23 heavy (non-hydrogen) atoms. The Morgan fingerprint density at radius 1 is 1.13 bits per heavy atom. The van der Waals surface area contributed by atoms with Gasteiger partial charge in [-0.2, -0.15) is 8.42 Å². The number of rotatable bonds is 4. The van der Waals surface area contributed by atoms with Crippen LogP contribution in [0.5, 0.6) is 0 Å². The van der Waals surface area contributed by atoms with E-state index in [0.717, 1.165) is 5.56 Å². The van der Waals surface area contributed by atoms with E-state index in [-0.39, 0.29) is 5.56 Å². The molecule has 0 bridgehead atoms. The van der Waals surface area contributed by atoms with E-state index >= 15 is 0 Å². The van der Waals surface area contributed by atoms with Gasteiger partial charge < -0.3 is 4.98 Å². The van der Waals surface area contributed by atoms with Crippen molar-refractivity contribution in [2.75, 3.05) is 4.72 Å². The minimum Gasteiger partial charge on any atom is -0.345 e. The lowest BCUT2D eigenvalue weighted by atomic mass is 10.2. The number of amides is 1. The highest BCUT2D eigenvalue weighted by atomic mass is 32.2. The summed E-state index contributed by atoms with van der Waals surface area (Å²) in [6.07, 6.45) is 1.50. The van der Waals surface area contributed by atoms with Crippen LogP contribution >= 0.6 is 0 Å². The molecule has 1 amide bonds. The summed E-state index contributed by atoms with van der Waals surface area (Å²) in [6.45, 7) is 1.89. The Bertz CT molecular complexity index is 962. The number of imidazole rings is 1. The van der Waals surface area contributed by atoms with Crippen LogP contribution in [-0.2, 0) is 10.2 Å². The van der Waals surface area contributed by atoms with Crippen molar-refractivity contribution in [2.24, 2.45) is 0 Å². The molecule has 0 saturated heterocycles. The van der Waals surface area contributed by atoms with E-state index in [0.29, 0.717) is 16.7 Å². The van der Waals surface area contributed by atoms with Crippen LogP contribution in [0.25, 0.3) is 11.0 Å². The lowest BCUT2D eigenvalue weighted by Gasteiger charge is -2.09. The van der Waals surface area contributed by atoms with Crippen molar-refractivity contribution in [3.05, 3.63) is 59.9 Å². The number of aromatic nitrogens is 2. The first-order chi connectivity index (χ1) is 10.9. The van der Waals surface area contributed by atoms with Gasteiger partial charge in [0.2, 0.25) is 0 Å². The number of H-pyrrole nitrogens is 1. The number of fused-ring (bicyclic) bond motifs is 1. The molecule has 0 aliphatic carbocycles. The molecular formula is C15H14N4O3S. The number of anilines is 1. The van der Waals surface area contributed by atoms with Gasteiger partial charge in [0.05, 0.1) is 23.0 Å². The Morgan fingerprint density at radius 2 is 1.87 bits per heavy atom. The van der Waals surface area contributed by atoms with Gasteiger partial charge in [0.1, 0.15) is 0 Å². The SMILES string of the molecule is Cc1ccc(NS(=O)(=O)NC(=O)c2ccc3nc[nH]c3c2)cc1. The van der Waals surface area contributed by atoms with E-state index in [2.05, 4.69) is 14.7 Å². The molecule has 0 radical (unpaired) electrons. The van der Waals surface area contributed by atoms with Crippen LogP contribution in [0.2, 0.25) is 0 Å². The molecule has 7 nitrogen and oxygen atoms in total. The molecule has 0 fully saturated rings. The van der Waals surface area contributed by atoms with Crippen LogP contribution in [0.15, 0.2) is 48.8 Å². The van der Waals surface area contributed by atoms with E-state index in [9.17, 15) is 13.2 Å². The standard InChI is InChI=1S/C15H14N4O3S/c1-10-2-5-12(6-3-10)18-23(21,22)19-15(20)11-4-7-13-14(8-11)17-9-16-13/h2-9,18H,1H3,(H,16,17)(H,19,20). The van der Waals surface area contributed by atoms with Gasteiger partial charge in [0, 0.05) is 5.56 Å². The number of hydrogen-bond acceptors (Lipinski definition) is 4. The Morgan fingerprint density at radius 3 is 2.61 bits per heavy atom. The second kappa shape index (κ2) is 5.73. The minimum absolute atomic E-state index is 0.219. The average Bonchev–Trinajstić information content (AvgIpc) is 2.96. The molecule has 3 rings (SSSR count). The molecule has 0 atom stereocenters. The summed E-state index contributed by atoms with van der Waals surface area (Å²) in [5.41, 5.74) is 2.95. The zero-order valence-electron chi connectivity index (χ0n) is 12.2. The molecule has 1 heterocycles. The molecule has 118 valence electrons. The molecule has 0 spiro atoms. The summed E-state index contributed by atoms with van der Waals surface area (Å²) in [6, 6.07) is 11.5. The maximum absolute atomic E-state index is 12.1. The fourth-order valence-corrected chi connectivity index (χ4v) is 2.92. The van der Waals surface area contributed by atoms with Crippen LogP contribution in [-0.4, -0.2) is 24.3 Å². The first-order valence-electron chi connectivity index (χ1n) is 6.78. The lowest BCUT2D eigenvalue weighted by molar-refractivity contribution is 0.0982. The second-order valence-corrected chi connectivity index (χ2v) is 6.45. The van der Waals surface area contributed by atoms with Crippen LogP contribution < -0.4 is 9.44 Å². The molecule has 0 saturated carbocycles. The van der Waals surface area contributed by atoms with Crippen LogP contribution in [0.3, 0.4) is 0 Å². The maximum Gasteiger partial charge on any atom is 0.323 e. The van der Waals surface area contributed by atoms with E-state index in [1.165, 1.54) is 12.4 Å². The van der Waals surface area contributed by atoms with Crippen LogP contribution in [0.1, 0.15) is 15.9 Å². The number of hydrogen-bond donors (Lipinski definition) is 3. The molecule has 1 aromatic heterocycles. The zero-order valence-corrected chi connectivity index (χ0v) is 13.0. The molecule has 3 N–H and O–H groups in total. The van der Waals surface area contributed by atoms with Gasteiger partial charge in [-0.15, -0.1) is 0 Å². The van der Waals surface area contributed by atoms with Gasteiger partial charge in [-0.1, -0.05) is 17.7 Å². The van der Waals surface area contributed by atoms with E-state index < -0.39 is 16.1 Å². The van der Waals surface area contributed by atoms with Crippen molar-refractivity contribution < 1.29 is 13.2 Å². The largest absolute Gasteiger partial charge is 0.345 e. The topological polar surface area (TPSA) is 104 Å². The third-order valence-corrected chi connectivity index (χ3v) is 4.17. The fourth-order valence-electron chi connectivity index (χ4n) is 2.06. The highest BCUT2D eigenvalue weighted by molar-refractivity contribution is 7.91. The number of benzene rings is 2. The zero-order chi connectivity index (χ0) is 16.4. The van der Waals surface area contributed by atoms with E-state index in [1.54, 1.807) is 36.4 Å². The van der Waals surface area contributed by atoms with Crippen LogP contribution in [0, 0.1) is 6.92 Å². The number of carbonyl (C=O) groups is 1. The lowest BCUT2D eigenvalue weighted by Crippen LogP contribution is -2.35. The van der Waals surface area contributed by atoms with Crippen LogP contribution in [0.4, 0.5) is 5.69 Å². The monoisotopic (exact) mass is 330 g/mol. The van der Waals surface area contributed by atoms with Gasteiger partial charge in [-0.25, -0.2) is 9.71 Å². The van der Waals surface area contributed by atoms with Crippen molar-refractivity contribution in [2.45, 2.75) is 6.92 Å². The van der Waals surface area contributed by atoms with Gasteiger partial charge in [-0.05, 0) is 37.3 Å². The first-order valence-corrected chi connectivity index (χ1v) is 8.26. The summed E-state index contributed by atoms with van der Waals surface area (Å²) >= 11 is 0. The molecule has 0 aliphatic rings. The third-order valence-electron chi connectivity index (χ3n) is 3.21. The average molecular weight is 330 g/mol. The Labute approximate surface area is 132 Å². The number of aromatic amines is 1. The number of aryl methyl sites for hydroxylation is 1. The Balaban J connectivity index is 1.76. The van der Waals surface area contributed by atoms with E-state index in [4.69, 9.17) is 0 Å². The van der Waals surface area contributed by atoms with Crippen molar-refractivity contribution in [1.82, 2.24) is 14.7 Å². The number of carbonyl (C=O) groups excluding carboxylic acids is 1. The smallest absolute Gasteiger partial charge is 0.323 e. The first kappa shape index (κ1) is 15.0. The molecule has 3 aromatic rings. The summed E-state index contributed by atoms with van der Waals surface area (Å²) in [4.78, 5) is 19.0. The summed E-state index contributed by atoms with van der Waals surface area (Å²) < 4.78 is 28.3. The molecule has 8 heteroatoms. The predicted octanol–water partition coefficient (Wildman–Crippen LogP) is 1.96. The quantitative estimate of drug-likeness (QED) is 0.680. The van der Waals surface area contributed by atoms with Gasteiger partial charge in [0.15, 0.2) is 0 Å². The predicted molar refractivity (Wildman–Crippen MR) is 87.3 cm³/mol. The maximum atomic E-state index is 12.1. The summed E-state index contributed by atoms with van der Waals surface area (Å²) in [7, 11) is -4.01. The van der Waals surface area contributed by atoms with Crippen molar-refractivity contribution in [3.8, 4) is 0 Å². The van der Waals surface area contributed by atoms with Crippen molar-refractivity contribution in [1.29, 1.82) is 0 Å². The van der Waals surface area contributed by atoms with Gasteiger partial charge >= 0.3 is 10.2 Å². The molecular weight excluding hydrogens is 316 g/mol. The molecule has 2 aromatic carbocycles. The van der Waals surface area contributed by atoms with Gasteiger partial charge in [0.25, 0.3) is 5.91 Å². The summed E-state index contributed by atoms with van der Waals surface area (Å²) in [5, 5.41) is 0. The second-order valence-electron chi connectivity index (χ2n) is 5.04. The fraction of sp³-hybridized carbons (Fsp3) is 0.0667. The normalized spacial score (nSPS) is 11.3. The summed E-state index contributed by atoms with van der Waals surface area (Å²) in [5.74, 6) is -0.721. The molecule has 0 aliphatic heterocycles. The number of nitrogens with one attached hydrogen (secondary N) is 3. The number of nitrogens with zero attached hydrogens (tertiary/aromatic N) is 1. The Hall–Kier alpha value is -2.87. The third kappa shape index (κ3) is 3.49. The van der Waals surface area contributed by atoms with Crippen molar-refractivity contribution >= 4 is 32.8 Å². The minimum atomic E-state index is -4.01. The highest BCUT2D eigenvalue weighted by Gasteiger charge is 2.16. The molecule has 0 unspecified atom stereocenters. The van der Waals surface area contributed by atoms with Crippen molar-refractivity contribution in [3.63, 3.8) is 0 Å². The van der Waals surface area contributed by atoms with E-state index in [1.807, 2.05) is 11.6 Å².